The van der Waals surface area contributed by atoms with Crippen LogP contribution in [0, 0.1) is 18.8 Å². The average molecular weight is 438 g/mol. The van der Waals surface area contributed by atoms with Gasteiger partial charge in [0.15, 0.2) is 5.96 Å². The quantitative estimate of drug-likeness (QED) is 0.338. The molecule has 0 radical (unpaired) electrons. The molecule has 124 valence electrons. The second-order valence-corrected chi connectivity index (χ2v) is 6.21. The van der Waals surface area contributed by atoms with E-state index < -0.39 is 0 Å². The minimum absolute atomic E-state index is 0. The van der Waals surface area contributed by atoms with Gasteiger partial charge in [-0.2, -0.15) is 0 Å². The van der Waals surface area contributed by atoms with Gasteiger partial charge in [0.2, 0.25) is 0 Å². The number of hydrogen-bond donors (Lipinski definition) is 1. The lowest BCUT2D eigenvalue weighted by Crippen LogP contribution is -2.40. The van der Waals surface area contributed by atoms with E-state index in [4.69, 9.17) is 4.74 Å². The molecule has 0 aliphatic carbocycles. The van der Waals surface area contributed by atoms with Crippen LogP contribution < -0.4 is 5.32 Å². The van der Waals surface area contributed by atoms with Crippen LogP contribution in [0.15, 0.2) is 10.5 Å². The Labute approximate surface area is 152 Å². The molecule has 0 saturated carbocycles. The molecule has 1 saturated heterocycles. The van der Waals surface area contributed by atoms with E-state index in [0.29, 0.717) is 13.1 Å². The normalized spacial score (nSPS) is 21.5. The number of ether oxygens (including phenoxy) is 1. The van der Waals surface area contributed by atoms with Crippen molar-refractivity contribution in [3.63, 3.8) is 0 Å². The van der Waals surface area contributed by atoms with Crippen LogP contribution in [0.2, 0.25) is 0 Å². The number of aromatic nitrogens is 1. The van der Waals surface area contributed by atoms with Gasteiger partial charge in [0.1, 0.15) is 0 Å². The first-order valence-corrected chi connectivity index (χ1v) is 7.87. The third-order valence-corrected chi connectivity index (χ3v) is 4.81. The summed E-state index contributed by atoms with van der Waals surface area (Å²) in [6, 6.07) is 0. The molecule has 0 bridgehead atoms. The van der Waals surface area contributed by atoms with Crippen LogP contribution in [-0.2, 0) is 16.1 Å². The number of hydrogen-bond acceptors (Lipinski definition) is 5. The van der Waals surface area contributed by atoms with E-state index in [1.165, 1.54) is 12.0 Å². The van der Waals surface area contributed by atoms with Crippen molar-refractivity contribution < 1.29 is 9.53 Å². The second-order valence-electron chi connectivity index (χ2n) is 5.27. The van der Waals surface area contributed by atoms with Crippen LogP contribution in [0.1, 0.15) is 17.5 Å². The Morgan fingerprint density at radius 3 is 2.86 bits per heavy atom. The third kappa shape index (κ3) is 4.31. The Morgan fingerprint density at radius 1 is 1.59 bits per heavy atom. The standard InChI is InChI=1S/C14H22N4O2S.HI/c1-9-6-18(7-11(9)13(19)20-4)14(15-3)16-5-12-10(2)17-8-21-12;/h8-9,11H,5-7H2,1-4H3,(H,15,16);1H. The molecule has 1 aliphatic rings. The molecule has 1 aromatic rings. The van der Waals surface area contributed by atoms with Crippen molar-refractivity contribution in [2.24, 2.45) is 16.8 Å². The first-order chi connectivity index (χ1) is 10.1. The van der Waals surface area contributed by atoms with E-state index in [1.807, 2.05) is 12.4 Å². The van der Waals surface area contributed by atoms with Gasteiger partial charge >= 0.3 is 5.97 Å². The Morgan fingerprint density at radius 2 is 2.32 bits per heavy atom. The number of nitrogens with one attached hydrogen (secondary N) is 1. The molecule has 0 aromatic carbocycles. The number of methoxy groups -OCH3 is 1. The molecule has 1 aliphatic heterocycles. The van der Waals surface area contributed by atoms with Gasteiger partial charge in [-0.1, -0.05) is 6.92 Å². The number of esters is 1. The summed E-state index contributed by atoms with van der Waals surface area (Å²) >= 11 is 1.63. The zero-order chi connectivity index (χ0) is 15.4. The third-order valence-electron chi connectivity index (χ3n) is 3.88. The number of carbonyl (C=O) groups excluding carboxylic acids is 1. The van der Waals surface area contributed by atoms with Gasteiger partial charge in [0.25, 0.3) is 0 Å². The van der Waals surface area contributed by atoms with E-state index in [9.17, 15) is 4.79 Å². The summed E-state index contributed by atoms with van der Waals surface area (Å²) in [7, 11) is 3.20. The summed E-state index contributed by atoms with van der Waals surface area (Å²) in [6.45, 7) is 6.23. The number of aryl methyl sites for hydroxylation is 1. The molecule has 8 heteroatoms. The molecular weight excluding hydrogens is 415 g/mol. The number of guanidine groups is 1. The maximum absolute atomic E-state index is 11.8. The maximum Gasteiger partial charge on any atom is 0.310 e. The number of rotatable bonds is 3. The molecule has 1 fully saturated rings. The lowest BCUT2D eigenvalue weighted by Gasteiger charge is -2.21. The lowest BCUT2D eigenvalue weighted by atomic mass is 9.99. The first kappa shape index (κ1) is 19.1. The fourth-order valence-electron chi connectivity index (χ4n) is 2.59. The average Bonchev–Trinajstić information content (AvgIpc) is 3.05. The minimum Gasteiger partial charge on any atom is -0.469 e. The fourth-order valence-corrected chi connectivity index (χ4v) is 3.30. The molecule has 0 spiro atoms. The van der Waals surface area contributed by atoms with Crippen molar-refractivity contribution in [3.8, 4) is 0 Å². The SMILES string of the molecule is CN=C(NCc1scnc1C)N1CC(C)C(C(=O)OC)C1.I. The van der Waals surface area contributed by atoms with Gasteiger partial charge in [-0.3, -0.25) is 9.79 Å². The molecule has 1 N–H and O–H groups in total. The zero-order valence-corrected chi connectivity index (χ0v) is 16.5. The van der Waals surface area contributed by atoms with Gasteiger partial charge in [-0.25, -0.2) is 4.98 Å². The Balaban J connectivity index is 0.00000242. The molecule has 2 unspecified atom stereocenters. The predicted molar refractivity (Wildman–Crippen MR) is 98.7 cm³/mol. The smallest absolute Gasteiger partial charge is 0.310 e. The van der Waals surface area contributed by atoms with Crippen molar-refractivity contribution in [1.29, 1.82) is 0 Å². The molecule has 6 nitrogen and oxygen atoms in total. The first-order valence-electron chi connectivity index (χ1n) is 6.99. The molecule has 1 aromatic heterocycles. The highest BCUT2D eigenvalue weighted by Crippen LogP contribution is 2.24. The number of aliphatic imine (C=N–C) groups is 1. The van der Waals surface area contributed by atoms with Crippen molar-refractivity contribution in [1.82, 2.24) is 15.2 Å². The number of thiazole rings is 1. The maximum atomic E-state index is 11.8. The van der Waals surface area contributed by atoms with Crippen LogP contribution in [0.5, 0.6) is 0 Å². The van der Waals surface area contributed by atoms with Crippen LogP contribution in [0.4, 0.5) is 0 Å². The van der Waals surface area contributed by atoms with E-state index in [-0.39, 0.29) is 41.8 Å². The molecule has 2 rings (SSSR count). The van der Waals surface area contributed by atoms with E-state index >= 15 is 0 Å². The monoisotopic (exact) mass is 438 g/mol. The summed E-state index contributed by atoms with van der Waals surface area (Å²) < 4.78 is 4.87. The van der Waals surface area contributed by atoms with Crippen molar-refractivity contribution in [2.45, 2.75) is 20.4 Å². The van der Waals surface area contributed by atoms with Crippen molar-refractivity contribution >= 4 is 47.2 Å². The summed E-state index contributed by atoms with van der Waals surface area (Å²) in [4.78, 5) is 23.6. The summed E-state index contributed by atoms with van der Waals surface area (Å²) in [5, 5.41) is 3.35. The predicted octanol–water partition coefficient (Wildman–Crippen LogP) is 1.89. The van der Waals surface area contributed by atoms with Gasteiger partial charge in [0.05, 0.1) is 30.8 Å². The second kappa shape index (κ2) is 8.66. The highest BCUT2D eigenvalue weighted by Gasteiger charge is 2.36. The largest absolute Gasteiger partial charge is 0.469 e. The Kier molecular flexibility index (Phi) is 7.54. The number of carbonyl (C=O) groups is 1. The summed E-state index contributed by atoms with van der Waals surface area (Å²) in [5.74, 6) is 0.861. The zero-order valence-electron chi connectivity index (χ0n) is 13.3. The summed E-state index contributed by atoms with van der Waals surface area (Å²) in [6.07, 6.45) is 0. The van der Waals surface area contributed by atoms with Crippen molar-refractivity contribution in [2.75, 3.05) is 27.2 Å². The number of nitrogens with zero attached hydrogens (tertiary/aromatic N) is 3. The molecular formula is C14H23IN4O2S. The van der Waals surface area contributed by atoms with Crippen LogP contribution in [0.3, 0.4) is 0 Å². The molecule has 0 amide bonds. The Bertz CT molecular complexity index is 535. The fraction of sp³-hybridized carbons (Fsp3) is 0.643. The van der Waals surface area contributed by atoms with E-state index in [0.717, 1.165) is 18.2 Å². The molecule has 22 heavy (non-hydrogen) atoms. The minimum atomic E-state index is -0.140. The van der Waals surface area contributed by atoms with Gasteiger partial charge in [0, 0.05) is 25.0 Å². The van der Waals surface area contributed by atoms with Crippen LogP contribution >= 0.6 is 35.3 Å². The van der Waals surface area contributed by atoms with Crippen LogP contribution in [0.25, 0.3) is 0 Å². The van der Waals surface area contributed by atoms with Gasteiger partial charge < -0.3 is 15.0 Å². The molecule has 2 heterocycles. The van der Waals surface area contributed by atoms with Gasteiger partial charge in [-0.15, -0.1) is 35.3 Å². The van der Waals surface area contributed by atoms with Crippen LogP contribution in [-0.4, -0.2) is 49.1 Å². The Hall–Kier alpha value is -0.900. The highest BCUT2D eigenvalue weighted by atomic mass is 127. The van der Waals surface area contributed by atoms with E-state index in [1.54, 1.807) is 18.4 Å². The molecule has 2 atom stereocenters. The highest BCUT2D eigenvalue weighted by molar-refractivity contribution is 14.0. The number of likely N-dealkylation sites (tertiary alicyclic amines) is 1. The van der Waals surface area contributed by atoms with Gasteiger partial charge in [-0.05, 0) is 12.8 Å². The lowest BCUT2D eigenvalue weighted by molar-refractivity contribution is -0.145. The van der Waals surface area contributed by atoms with Crippen molar-refractivity contribution in [3.05, 3.63) is 16.1 Å². The topological polar surface area (TPSA) is 66.8 Å². The summed E-state index contributed by atoms with van der Waals surface area (Å²) in [5.41, 5.74) is 2.89. The van der Waals surface area contributed by atoms with E-state index in [2.05, 4.69) is 27.1 Å². The number of halogens is 1.